The van der Waals surface area contributed by atoms with E-state index in [1.165, 1.54) is 0 Å². The molecule has 90 valence electrons. The van der Waals surface area contributed by atoms with Crippen LogP contribution in [0.2, 0.25) is 0 Å². The van der Waals surface area contributed by atoms with Crippen molar-refractivity contribution in [1.29, 1.82) is 0 Å². The van der Waals surface area contributed by atoms with Crippen molar-refractivity contribution in [3.63, 3.8) is 0 Å². The normalized spacial score (nSPS) is 12.6. The second-order valence-corrected chi connectivity index (χ2v) is 5.24. The van der Waals surface area contributed by atoms with Crippen LogP contribution in [0.15, 0.2) is 12.3 Å². The summed E-state index contributed by atoms with van der Waals surface area (Å²) in [7, 11) is 0. The van der Waals surface area contributed by atoms with Crippen molar-refractivity contribution >= 4 is 11.5 Å². The van der Waals surface area contributed by atoms with E-state index in [1.807, 2.05) is 26.8 Å². The molecule has 1 heterocycles. The molecule has 0 radical (unpaired) electrons. The molecule has 0 fully saturated rings. The van der Waals surface area contributed by atoms with E-state index >= 15 is 0 Å². The van der Waals surface area contributed by atoms with Gasteiger partial charge >= 0.3 is 0 Å². The fourth-order valence-electron chi connectivity index (χ4n) is 1.11. The van der Waals surface area contributed by atoms with Gasteiger partial charge in [0.2, 0.25) is 0 Å². The molecular formula is C12H21N3O. The Labute approximate surface area is 96.9 Å². The number of nitrogen functional groups attached to an aromatic ring is 1. The number of anilines is 2. The van der Waals surface area contributed by atoms with Crippen molar-refractivity contribution in [3.8, 4) is 0 Å². The highest BCUT2D eigenvalue weighted by molar-refractivity contribution is 5.51. The van der Waals surface area contributed by atoms with Crippen LogP contribution in [0, 0.1) is 6.92 Å². The maximum atomic E-state index is 10.0. The van der Waals surface area contributed by atoms with E-state index in [0.29, 0.717) is 5.69 Å². The van der Waals surface area contributed by atoms with Gasteiger partial charge in [-0.05, 0) is 46.2 Å². The van der Waals surface area contributed by atoms with Gasteiger partial charge in [0, 0.05) is 0 Å². The molecule has 0 aliphatic heterocycles. The number of hydrogen-bond acceptors (Lipinski definition) is 4. The molecule has 0 bridgehead atoms. The van der Waals surface area contributed by atoms with Gasteiger partial charge in [0.1, 0.15) is 5.82 Å². The molecule has 0 spiro atoms. The van der Waals surface area contributed by atoms with Gasteiger partial charge in [0.15, 0.2) is 0 Å². The van der Waals surface area contributed by atoms with E-state index in [1.54, 1.807) is 20.0 Å². The monoisotopic (exact) mass is 223 g/mol. The third kappa shape index (κ3) is 2.64. The SMILES string of the molecule is Cc1cc(NC(C)(C)C(C)(C)O)ncc1N. The van der Waals surface area contributed by atoms with Crippen LogP contribution in [0.4, 0.5) is 11.5 Å². The van der Waals surface area contributed by atoms with Gasteiger partial charge in [-0.25, -0.2) is 4.98 Å². The molecule has 4 heteroatoms. The summed E-state index contributed by atoms with van der Waals surface area (Å²) in [6.45, 7) is 9.33. The number of hydrogen-bond donors (Lipinski definition) is 3. The quantitative estimate of drug-likeness (QED) is 0.732. The first-order valence-corrected chi connectivity index (χ1v) is 5.36. The first-order valence-electron chi connectivity index (χ1n) is 5.36. The Bertz CT molecular complexity index is 380. The van der Waals surface area contributed by atoms with Crippen LogP contribution in [0.5, 0.6) is 0 Å². The zero-order chi connectivity index (χ0) is 12.6. The minimum absolute atomic E-state index is 0.470. The first-order chi connectivity index (χ1) is 7.13. The molecule has 1 aromatic rings. The molecule has 0 aromatic carbocycles. The molecule has 1 rings (SSSR count). The summed E-state index contributed by atoms with van der Waals surface area (Å²) < 4.78 is 0. The number of rotatable bonds is 3. The molecule has 0 atom stereocenters. The smallest absolute Gasteiger partial charge is 0.126 e. The zero-order valence-corrected chi connectivity index (χ0v) is 10.6. The van der Waals surface area contributed by atoms with E-state index < -0.39 is 11.1 Å². The fraction of sp³-hybridized carbons (Fsp3) is 0.583. The number of nitrogens with two attached hydrogens (primary N) is 1. The summed E-state index contributed by atoms with van der Waals surface area (Å²) in [5.41, 5.74) is 6.03. The predicted octanol–water partition coefficient (Wildman–Crippen LogP) is 1.93. The largest absolute Gasteiger partial charge is 0.397 e. The minimum atomic E-state index is -0.843. The Balaban J connectivity index is 2.93. The lowest BCUT2D eigenvalue weighted by molar-refractivity contribution is 0.0239. The van der Waals surface area contributed by atoms with Crippen LogP contribution >= 0.6 is 0 Å². The Kier molecular flexibility index (Phi) is 3.15. The van der Waals surface area contributed by atoms with E-state index in [-0.39, 0.29) is 0 Å². The Morgan fingerprint density at radius 3 is 2.31 bits per heavy atom. The van der Waals surface area contributed by atoms with Crippen LogP contribution in [0.1, 0.15) is 33.3 Å². The Morgan fingerprint density at radius 1 is 1.31 bits per heavy atom. The highest BCUT2D eigenvalue weighted by Crippen LogP contribution is 2.25. The summed E-state index contributed by atoms with van der Waals surface area (Å²) in [5, 5.41) is 13.2. The molecule has 0 unspecified atom stereocenters. The number of aryl methyl sites for hydroxylation is 1. The second-order valence-electron chi connectivity index (χ2n) is 5.24. The average Bonchev–Trinajstić information content (AvgIpc) is 2.09. The molecule has 0 saturated heterocycles. The number of nitrogens with zero attached hydrogens (tertiary/aromatic N) is 1. The van der Waals surface area contributed by atoms with Gasteiger partial charge in [0.25, 0.3) is 0 Å². The maximum absolute atomic E-state index is 10.0. The lowest BCUT2D eigenvalue weighted by Gasteiger charge is -2.38. The van der Waals surface area contributed by atoms with Crippen LogP contribution in [-0.2, 0) is 0 Å². The van der Waals surface area contributed by atoms with Crippen molar-refractivity contribution in [2.24, 2.45) is 0 Å². The molecular weight excluding hydrogens is 202 g/mol. The van der Waals surface area contributed by atoms with Crippen molar-refractivity contribution in [1.82, 2.24) is 4.98 Å². The molecule has 4 N–H and O–H groups in total. The standard InChI is InChI=1S/C12H21N3O/c1-8-6-10(14-7-9(8)13)15-11(2,3)12(4,5)16/h6-7,16H,13H2,1-5H3,(H,14,15). The predicted molar refractivity (Wildman–Crippen MR) is 67.4 cm³/mol. The summed E-state index contributed by atoms with van der Waals surface area (Å²) >= 11 is 0. The van der Waals surface area contributed by atoms with Gasteiger partial charge in [0.05, 0.1) is 23.0 Å². The van der Waals surface area contributed by atoms with Gasteiger partial charge in [-0.3, -0.25) is 0 Å². The lowest BCUT2D eigenvalue weighted by atomic mass is 9.86. The molecule has 0 amide bonds. The van der Waals surface area contributed by atoms with Crippen LogP contribution in [0.3, 0.4) is 0 Å². The third-order valence-corrected chi connectivity index (χ3v) is 3.12. The molecule has 0 aliphatic carbocycles. The number of aliphatic hydroxyl groups is 1. The number of aromatic nitrogens is 1. The zero-order valence-electron chi connectivity index (χ0n) is 10.6. The topological polar surface area (TPSA) is 71.2 Å². The Morgan fingerprint density at radius 2 is 1.88 bits per heavy atom. The van der Waals surface area contributed by atoms with Crippen LogP contribution in [-0.4, -0.2) is 21.2 Å². The third-order valence-electron chi connectivity index (χ3n) is 3.12. The molecule has 1 aromatic heterocycles. The van der Waals surface area contributed by atoms with Gasteiger partial charge < -0.3 is 16.2 Å². The van der Waals surface area contributed by atoms with E-state index in [4.69, 9.17) is 5.73 Å². The first kappa shape index (κ1) is 12.8. The van der Waals surface area contributed by atoms with E-state index in [0.717, 1.165) is 11.4 Å². The number of nitrogens with one attached hydrogen (secondary N) is 1. The second kappa shape index (κ2) is 3.94. The van der Waals surface area contributed by atoms with E-state index in [9.17, 15) is 5.11 Å². The van der Waals surface area contributed by atoms with Crippen molar-refractivity contribution < 1.29 is 5.11 Å². The van der Waals surface area contributed by atoms with Crippen molar-refractivity contribution in [2.45, 2.75) is 45.8 Å². The number of pyridine rings is 1. The average molecular weight is 223 g/mol. The minimum Gasteiger partial charge on any atom is -0.397 e. The molecule has 0 aliphatic rings. The van der Waals surface area contributed by atoms with Gasteiger partial charge in [-0.2, -0.15) is 0 Å². The molecule has 0 saturated carbocycles. The Hall–Kier alpha value is -1.29. The van der Waals surface area contributed by atoms with Crippen molar-refractivity contribution in [3.05, 3.63) is 17.8 Å². The van der Waals surface area contributed by atoms with E-state index in [2.05, 4.69) is 10.3 Å². The lowest BCUT2D eigenvalue weighted by Crippen LogP contribution is -2.51. The summed E-state index contributed by atoms with van der Waals surface area (Å²) in [5.74, 6) is 0.721. The fourth-order valence-corrected chi connectivity index (χ4v) is 1.11. The summed E-state index contributed by atoms with van der Waals surface area (Å²) in [6.07, 6.45) is 1.62. The highest BCUT2D eigenvalue weighted by atomic mass is 16.3. The van der Waals surface area contributed by atoms with Crippen LogP contribution < -0.4 is 11.1 Å². The summed E-state index contributed by atoms with van der Waals surface area (Å²) in [6, 6.07) is 1.88. The molecule has 16 heavy (non-hydrogen) atoms. The van der Waals surface area contributed by atoms with Crippen molar-refractivity contribution in [2.75, 3.05) is 11.1 Å². The van der Waals surface area contributed by atoms with Gasteiger partial charge in [-0.1, -0.05) is 0 Å². The maximum Gasteiger partial charge on any atom is 0.126 e. The molecule has 4 nitrogen and oxygen atoms in total. The van der Waals surface area contributed by atoms with Crippen LogP contribution in [0.25, 0.3) is 0 Å². The highest BCUT2D eigenvalue weighted by Gasteiger charge is 2.35. The summed E-state index contributed by atoms with van der Waals surface area (Å²) in [4.78, 5) is 4.19. The van der Waals surface area contributed by atoms with Gasteiger partial charge in [-0.15, -0.1) is 0 Å².